The first-order valence-corrected chi connectivity index (χ1v) is 9.65. The second kappa shape index (κ2) is 6.99. The van der Waals surface area contributed by atoms with Gasteiger partial charge in [-0.05, 0) is 55.0 Å². The molecule has 0 atom stereocenters. The number of carbonyl (C=O) groups excluding carboxylic acids is 1. The Balaban J connectivity index is 1.83. The molecule has 0 saturated heterocycles. The van der Waals surface area contributed by atoms with Gasteiger partial charge in [0.2, 0.25) is 0 Å². The molecule has 1 aliphatic heterocycles. The van der Waals surface area contributed by atoms with Crippen LogP contribution >= 0.6 is 0 Å². The van der Waals surface area contributed by atoms with Crippen molar-refractivity contribution >= 4 is 16.8 Å². The Morgan fingerprint density at radius 1 is 1.08 bits per heavy atom. The molecule has 0 fully saturated rings. The van der Waals surface area contributed by atoms with Crippen molar-refractivity contribution in [1.29, 1.82) is 0 Å². The highest BCUT2D eigenvalue weighted by molar-refractivity contribution is 6.03. The van der Waals surface area contributed by atoms with Gasteiger partial charge in [-0.2, -0.15) is 0 Å². The number of unbranched alkanes of at least 4 members (excludes halogenated alkanes) is 1. The fourth-order valence-corrected chi connectivity index (χ4v) is 3.95. The largest absolute Gasteiger partial charge is 0.350 e. The minimum Gasteiger partial charge on any atom is -0.350 e. The molecule has 2 aromatic carbocycles. The van der Waals surface area contributed by atoms with Gasteiger partial charge in [0.15, 0.2) is 0 Å². The molecule has 1 aliphatic rings. The predicted octanol–water partition coefficient (Wildman–Crippen LogP) is 4.63. The van der Waals surface area contributed by atoms with Crippen molar-refractivity contribution in [3.05, 3.63) is 70.4 Å². The number of hydrogen-bond acceptors (Lipinski definition) is 1. The highest BCUT2D eigenvalue weighted by Gasteiger charge is 2.25. The molecule has 0 spiro atoms. The summed E-state index contributed by atoms with van der Waals surface area (Å²) in [5.74, 6) is 0.0599. The Labute approximate surface area is 155 Å². The van der Waals surface area contributed by atoms with Gasteiger partial charge in [-0.25, -0.2) is 0 Å². The number of aryl methyl sites for hydroxylation is 2. The molecule has 3 heteroatoms. The Morgan fingerprint density at radius 3 is 2.62 bits per heavy atom. The zero-order valence-corrected chi connectivity index (χ0v) is 15.6. The minimum absolute atomic E-state index is 0.0599. The first-order valence-electron chi connectivity index (χ1n) is 9.65. The molecule has 0 saturated carbocycles. The van der Waals surface area contributed by atoms with Gasteiger partial charge in [0.1, 0.15) is 5.69 Å². The number of benzene rings is 2. The summed E-state index contributed by atoms with van der Waals surface area (Å²) in [4.78, 5) is 12.6. The molecule has 0 aliphatic carbocycles. The van der Waals surface area contributed by atoms with Crippen molar-refractivity contribution in [2.24, 2.45) is 0 Å². The minimum atomic E-state index is 0.0599. The Bertz CT molecular complexity index is 950. The maximum Gasteiger partial charge on any atom is 0.268 e. The summed E-state index contributed by atoms with van der Waals surface area (Å²) in [6, 6.07) is 15.3. The van der Waals surface area contributed by atoms with Gasteiger partial charge in [0.25, 0.3) is 5.91 Å². The van der Waals surface area contributed by atoms with Crippen LogP contribution in [0.3, 0.4) is 0 Å². The Morgan fingerprint density at radius 2 is 1.85 bits per heavy atom. The van der Waals surface area contributed by atoms with E-state index in [0.717, 1.165) is 31.6 Å². The standard InChI is InChI=1S/C23H26N2O/c1-3-4-5-17-10-11-21-20(14-17)19-12-13-24-23(26)22(19)25(21)15-18-8-6-16(2)7-9-18/h6-11,14H,3-5,12-13,15H2,1-2H3,(H,24,26). The van der Waals surface area contributed by atoms with Gasteiger partial charge >= 0.3 is 0 Å². The predicted molar refractivity (Wildman–Crippen MR) is 107 cm³/mol. The second-order valence-electron chi connectivity index (χ2n) is 7.36. The van der Waals surface area contributed by atoms with Crippen LogP contribution in [-0.4, -0.2) is 17.0 Å². The van der Waals surface area contributed by atoms with Crippen LogP contribution in [0.15, 0.2) is 42.5 Å². The average Bonchev–Trinajstić information content (AvgIpc) is 2.96. The van der Waals surface area contributed by atoms with E-state index in [2.05, 4.69) is 66.2 Å². The molecule has 0 radical (unpaired) electrons. The molecule has 3 aromatic rings. The molecular weight excluding hydrogens is 320 g/mol. The van der Waals surface area contributed by atoms with E-state index >= 15 is 0 Å². The highest BCUT2D eigenvalue weighted by atomic mass is 16.2. The number of rotatable bonds is 5. The summed E-state index contributed by atoms with van der Waals surface area (Å²) in [7, 11) is 0. The molecule has 134 valence electrons. The molecule has 1 aromatic heterocycles. The SMILES string of the molecule is CCCCc1ccc2c(c1)c1c(n2Cc2ccc(C)cc2)C(=O)NCC1. The van der Waals surface area contributed by atoms with Crippen LogP contribution in [0.25, 0.3) is 10.9 Å². The average molecular weight is 346 g/mol. The van der Waals surface area contributed by atoms with Gasteiger partial charge in [-0.3, -0.25) is 4.79 Å². The van der Waals surface area contributed by atoms with E-state index < -0.39 is 0 Å². The molecule has 4 rings (SSSR count). The van der Waals surface area contributed by atoms with Crippen LogP contribution in [0.5, 0.6) is 0 Å². The van der Waals surface area contributed by atoms with E-state index in [9.17, 15) is 4.79 Å². The molecule has 2 heterocycles. The van der Waals surface area contributed by atoms with Crippen LogP contribution in [0.2, 0.25) is 0 Å². The van der Waals surface area contributed by atoms with Crippen molar-refractivity contribution in [2.45, 2.75) is 46.1 Å². The Hall–Kier alpha value is -2.55. The van der Waals surface area contributed by atoms with Crippen molar-refractivity contribution in [1.82, 2.24) is 9.88 Å². The third-order valence-corrected chi connectivity index (χ3v) is 5.39. The topological polar surface area (TPSA) is 34.0 Å². The summed E-state index contributed by atoms with van der Waals surface area (Å²) < 4.78 is 2.20. The van der Waals surface area contributed by atoms with Crippen molar-refractivity contribution in [3.8, 4) is 0 Å². The number of nitrogens with zero attached hydrogens (tertiary/aromatic N) is 1. The van der Waals surface area contributed by atoms with Crippen LogP contribution in [0.1, 0.15) is 52.5 Å². The molecule has 26 heavy (non-hydrogen) atoms. The van der Waals surface area contributed by atoms with Crippen LogP contribution in [0, 0.1) is 6.92 Å². The van der Waals surface area contributed by atoms with E-state index in [4.69, 9.17) is 0 Å². The first kappa shape index (κ1) is 16.9. The summed E-state index contributed by atoms with van der Waals surface area (Å²) in [5, 5.41) is 4.28. The fourth-order valence-electron chi connectivity index (χ4n) is 3.95. The monoisotopic (exact) mass is 346 g/mol. The zero-order valence-electron chi connectivity index (χ0n) is 15.6. The lowest BCUT2D eigenvalue weighted by Gasteiger charge is -2.16. The van der Waals surface area contributed by atoms with Gasteiger partial charge in [-0.15, -0.1) is 0 Å². The van der Waals surface area contributed by atoms with Crippen LogP contribution < -0.4 is 5.32 Å². The fraction of sp³-hybridized carbons (Fsp3) is 0.348. The molecule has 1 N–H and O–H groups in total. The van der Waals surface area contributed by atoms with Crippen LogP contribution in [0.4, 0.5) is 0 Å². The van der Waals surface area contributed by atoms with E-state index in [1.54, 1.807) is 0 Å². The van der Waals surface area contributed by atoms with Gasteiger partial charge in [0, 0.05) is 24.0 Å². The lowest BCUT2D eigenvalue weighted by Crippen LogP contribution is -2.33. The summed E-state index contributed by atoms with van der Waals surface area (Å²) in [6.07, 6.45) is 4.43. The van der Waals surface area contributed by atoms with E-state index in [1.165, 1.54) is 46.0 Å². The quantitative estimate of drug-likeness (QED) is 0.718. The molecule has 0 bridgehead atoms. The number of amides is 1. The molecule has 1 amide bonds. The number of carbonyl (C=O) groups is 1. The van der Waals surface area contributed by atoms with E-state index in [1.807, 2.05) is 0 Å². The smallest absolute Gasteiger partial charge is 0.268 e. The van der Waals surface area contributed by atoms with Crippen LogP contribution in [-0.2, 0) is 19.4 Å². The normalized spacial score (nSPS) is 13.7. The van der Waals surface area contributed by atoms with Gasteiger partial charge < -0.3 is 9.88 Å². The molecule has 0 unspecified atom stereocenters. The molecule has 3 nitrogen and oxygen atoms in total. The summed E-state index contributed by atoms with van der Waals surface area (Å²) in [6.45, 7) is 5.78. The Kier molecular flexibility index (Phi) is 4.54. The maximum absolute atomic E-state index is 12.6. The lowest BCUT2D eigenvalue weighted by molar-refractivity contribution is 0.0937. The second-order valence-corrected chi connectivity index (χ2v) is 7.36. The number of fused-ring (bicyclic) bond motifs is 3. The van der Waals surface area contributed by atoms with Gasteiger partial charge in [-0.1, -0.05) is 49.2 Å². The number of hydrogen-bond donors (Lipinski definition) is 1. The van der Waals surface area contributed by atoms with Crippen molar-refractivity contribution < 1.29 is 4.79 Å². The van der Waals surface area contributed by atoms with Crippen molar-refractivity contribution in [2.75, 3.05) is 6.54 Å². The van der Waals surface area contributed by atoms with Gasteiger partial charge in [0.05, 0.1) is 0 Å². The molecular formula is C23H26N2O. The highest BCUT2D eigenvalue weighted by Crippen LogP contribution is 2.31. The summed E-state index contributed by atoms with van der Waals surface area (Å²) >= 11 is 0. The first-order chi connectivity index (χ1) is 12.7. The van der Waals surface area contributed by atoms with E-state index in [0.29, 0.717) is 0 Å². The lowest BCUT2D eigenvalue weighted by atomic mass is 10.0. The number of nitrogens with one attached hydrogen (secondary N) is 1. The zero-order chi connectivity index (χ0) is 18.1. The maximum atomic E-state index is 12.6. The van der Waals surface area contributed by atoms with Crippen molar-refractivity contribution in [3.63, 3.8) is 0 Å². The number of aromatic nitrogens is 1. The van der Waals surface area contributed by atoms with E-state index in [-0.39, 0.29) is 5.91 Å². The summed E-state index contributed by atoms with van der Waals surface area (Å²) in [5.41, 5.74) is 7.09. The third kappa shape index (κ3) is 3.03. The third-order valence-electron chi connectivity index (χ3n) is 5.39.